The van der Waals surface area contributed by atoms with E-state index >= 15 is 0 Å². The van der Waals surface area contributed by atoms with Gasteiger partial charge in [-0.15, -0.1) is 0 Å². The molecule has 150 valence electrons. The van der Waals surface area contributed by atoms with E-state index in [4.69, 9.17) is 0 Å². The van der Waals surface area contributed by atoms with Gasteiger partial charge in [-0.05, 0) is 51.3 Å². The van der Waals surface area contributed by atoms with Crippen LogP contribution in [0.2, 0.25) is 0 Å². The average Bonchev–Trinajstić information content (AvgIpc) is 2.67. The number of aryl methyl sites for hydroxylation is 1. The van der Waals surface area contributed by atoms with Gasteiger partial charge >= 0.3 is 6.03 Å². The maximum Gasteiger partial charge on any atom is 0.317 e. The van der Waals surface area contributed by atoms with E-state index in [9.17, 15) is 4.79 Å². The predicted octanol–water partition coefficient (Wildman–Crippen LogP) is 2.94. The van der Waals surface area contributed by atoms with Gasteiger partial charge in [0, 0.05) is 45.3 Å². The van der Waals surface area contributed by atoms with Gasteiger partial charge in [-0.1, -0.05) is 36.8 Å². The summed E-state index contributed by atoms with van der Waals surface area (Å²) in [5, 5.41) is 3.16. The van der Waals surface area contributed by atoms with Crippen molar-refractivity contribution in [2.24, 2.45) is 5.92 Å². The number of rotatable bonds is 5. The molecule has 27 heavy (non-hydrogen) atoms. The number of hydrogen-bond acceptors (Lipinski definition) is 3. The normalized spacial score (nSPS) is 21.2. The number of amides is 2. The number of hydrogen-bond donors (Lipinski definition) is 1. The molecule has 3 rings (SSSR count). The molecule has 2 heterocycles. The lowest BCUT2D eigenvalue weighted by Gasteiger charge is -2.37. The van der Waals surface area contributed by atoms with Crippen LogP contribution in [0.5, 0.6) is 0 Å². The van der Waals surface area contributed by atoms with Crippen LogP contribution in [-0.4, -0.2) is 72.6 Å². The molecule has 0 aliphatic carbocycles. The van der Waals surface area contributed by atoms with Crippen molar-refractivity contribution in [1.82, 2.24) is 20.0 Å². The first kappa shape index (κ1) is 20.2. The third-order valence-corrected chi connectivity index (χ3v) is 6.14. The SMILES string of the molecule is Cc1cccc(CN2CCN(C(=O)NCC(C)N3CCC(C)CC3)CC2)c1. The van der Waals surface area contributed by atoms with Crippen LogP contribution >= 0.6 is 0 Å². The maximum atomic E-state index is 12.5. The highest BCUT2D eigenvalue weighted by molar-refractivity contribution is 5.74. The third-order valence-electron chi connectivity index (χ3n) is 6.14. The molecule has 1 aromatic rings. The minimum atomic E-state index is 0.0995. The van der Waals surface area contributed by atoms with Gasteiger partial charge in [-0.25, -0.2) is 4.79 Å². The second kappa shape index (κ2) is 9.56. The summed E-state index contributed by atoms with van der Waals surface area (Å²) in [6, 6.07) is 9.22. The molecule has 2 amide bonds. The van der Waals surface area contributed by atoms with E-state index in [-0.39, 0.29) is 6.03 Å². The molecule has 1 atom stereocenters. The Morgan fingerprint density at radius 2 is 1.85 bits per heavy atom. The Morgan fingerprint density at radius 1 is 1.15 bits per heavy atom. The van der Waals surface area contributed by atoms with Gasteiger partial charge in [-0.3, -0.25) is 9.80 Å². The van der Waals surface area contributed by atoms with Gasteiger partial charge in [0.2, 0.25) is 0 Å². The van der Waals surface area contributed by atoms with Crippen molar-refractivity contribution in [1.29, 1.82) is 0 Å². The van der Waals surface area contributed by atoms with E-state index < -0.39 is 0 Å². The van der Waals surface area contributed by atoms with Crippen molar-refractivity contribution < 1.29 is 4.79 Å². The first-order valence-corrected chi connectivity index (χ1v) is 10.6. The standard InChI is InChI=1S/C22H36N4O/c1-18-7-9-25(10-8-18)20(3)16-23-22(27)26-13-11-24(12-14-26)17-21-6-4-5-19(2)15-21/h4-6,15,18,20H,7-14,16-17H2,1-3H3,(H,23,27). The molecule has 1 N–H and O–H groups in total. The lowest BCUT2D eigenvalue weighted by Crippen LogP contribution is -2.53. The van der Waals surface area contributed by atoms with Crippen LogP contribution in [0.4, 0.5) is 4.79 Å². The van der Waals surface area contributed by atoms with Crippen molar-refractivity contribution in [3.8, 4) is 0 Å². The fraction of sp³-hybridized carbons (Fsp3) is 0.682. The first-order chi connectivity index (χ1) is 13.0. The molecule has 0 bridgehead atoms. The molecular weight excluding hydrogens is 336 g/mol. The third kappa shape index (κ3) is 5.94. The van der Waals surface area contributed by atoms with E-state index in [1.165, 1.54) is 24.0 Å². The summed E-state index contributed by atoms with van der Waals surface area (Å²) < 4.78 is 0. The predicted molar refractivity (Wildman–Crippen MR) is 111 cm³/mol. The zero-order chi connectivity index (χ0) is 19.2. The molecule has 0 saturated carbocycles. The second-order valence-electron chi connectivity index (χ2n) is 8.51. The van der Waals surface area contributed by atoms with Crippen LogP contribution in [0, 0.1) is 12.8 Å². The molecule has 1 aromatic carbocycles. The number of carbonyl (C=O) groups is 1. The largest absolute Gasteiger partial charge is 0.336 e. The fourth-order valence-corrected chi connectivity index (χ4v) is 4.12. The highest BCUT2D eigenvalue weighted by atomic mass is 16.2. The summed E-state index contributed by atoms with van der Waals surface area (Å²) in [4.78, 5) is 19.4. The average molecular weight is 373 g/mol. The van der Waals surface area contributed by atoms with Gasteiger partial charge in [0.05, 0.1) is 0 Å². The Labute approximate surface area is 164 Å². The van der Waals surface area contributed by atoms with Gasteiger partial charge in [0.1, 0.15) is 0 Å². The Bertz CT molecular complexity index is 604. The molecule has 2 aliphatic rings. The summed E-state index contributed by atoms with van der Waals surface area (Å²) in [7, 11) is 0. The molecule has 2 aliphatic heterocycles. The Hall–Kier alpha value is -1.59. The Kier molecular flexibility index (Phi) is 7.13. The van der Waals surface area contributed by atoms with Gasteiger partial charge < -0.3 is 10.2 Å². The lowest BCUT2D eigenvalue weighted by atomic mass is 9.98. The molecule has 2 saturated heterocycles. The summed E-state index contributed by atoms with van der Waals surface area (Å²) in [5.74, 6) is 0.846. The minimum absolute atomic E-state index is 0.0995. The van der Waals surface area contributed by atoms with Crippen LogP contribution in [0.25, 0.3) is 0 Å². The number of nitrogens with one attached hydrogen (secondary N) is 1. The van der Waals surface area contributed by atoms with E-state index in [2.05, 4.69) is 60.2 Å². The van der Waals surface area contributed by atoms with Crippen molar-refractivity contribution in [3.63, 3.8) is 0 Å². The summed E-state index contributed by atoms with van der Waals surface area (Å²) in [6.45, 7) is 14.3. The second-order valence-corrected chi connectivity index (χ2v) is 8.51. The van der Waals surface area contributed by atoms with E-state index in [0.29, 0.717) is 6.04 Å². The summed E-state index contributed by atoms with van der Waals surface area (Å²) in [6.07, 6.45) is 2.56. The van der Waals surface area contributed by atoms with E-state index in [1.807, 2.05) is 4.90 Å². The molecule has 5 heteroatoms. The molecule has 1 unspecified atom stereocenters. The van der Waals surface area contributed by atoms with Crippen LogP contribution < -0.4 is 5.32 Å². The number of piperidine rings is 1. The topological polar surface area (TPSA) is 38.8 Å². The summed E-state index contributed by atoms with van der Waals surface area (Å²) >= 11 is 0. The zero-order valence-electron chi connectivity index (χ0n) is 17.3. The number of urea groups is 1. The molecule has 2 fully saturated rings. The summed E-state index contributed by atoms with van der Waals surface area (Å²) in [5.41, 5.74) is 2.67. The maximum absolute atomic E-state index is 12.5. The number of carbonyl (C=O) groups excluding carboxylic acids is 1. The molecule has 0 radical (unpaired) electrons. The van der Waals surface area contributed by atoms with E-state index in [0.717, 1.165) is 58.3 Å². The van der Waals surface area contributed by atoms with Crippen LogP contribution in [0.15, 0.2) is 24.3 Å². The first-order valence-electron chi connectivity index (χ1n) is 10.6. The molecule has 5 nitrogen and oxygen atoms in total. The number of nitrogens with zero attached hydrogens (tertiary/aromatic N) is 3. The van der Waals surface area contributed by atoms with Crippen molar-refractivity contribution in [3.05, 3.63) is 35.4 Å². The quantitative estimate of drug-likeness (QED) is 0.864. The number of likely N-dealkylation sites (tertiary alicyclic amines) is 1. The highest BCUT2D eigenvalue weighted by Gasteiger charge is 2.23. The van der Waals surface area contributed by atoms with Crippen molar-refractivity contribution in [2.45, 2.75) is 46.2 Å². The van der Waals surface area contributed by atoms with Gasteiger partial charge in [-0.2, -0.15) is 0 Å². The molecular formula is C22H36N4O. The molecule has 0 spiro atoms. The smallest absolute Gasteiger partial charge is 0.317 e. The van der Waals surface area contributed by atoms with Gasteiger partial charge in [0.15, 0.2) is 0 Å². The van der Waals surface area contributed by atoms with Crippen LogP contribution in [0.3, 0.4) is 0 Å². The lowest BCUT2D eigenvalue weighted by molar-refractivity contribution is 0.125. The fourth-order valence-electron chi connectivity index (χ4n) is 4.12. The number of piperazine rings is 1. The monoisotopic (exact) mass is 372 g/mol. The Balaban J connectivity index is 1.37. The van der Waals surface area contributed by atoms with Gasteiger partial charge in [0.25, 0.3) is 0 Å². The van der Waals surface area contributed by atoms with Crippen LogP contribution in [0.1, 0.15) is 37.8 Å². The Morgan fingerprint density at radius 3 is 2.52 bits per heavy atom. The van der Waals surface area contributed by atoms with E-state index in [1.54, 1.807) is 0 Å². The minimum Gasteiger partial charge on any atom is -0.336 e. The van der Waals surface area contributed by atoms with Crippen molar-refractivity contribution >= 4 is 6.03 Å². The zero-order valence-corrected chi connectivity index (χ0v) is 17.3. The van der Waals surface area contributed by atoms with Crippen LogP contribution in [-0.2, 0) is 6.54 Å². The number of benzene rings is 1. The van der Waals surface area contributed by atoms with Crippen molar-refractivity contribution in [2.75, 3.05) is 45.8 Å². The molecule has 0 aromatic heterocycles. The highest BCUT2D eigenvalue weighted by Crippen LogP contribution is 2.17.